The third-order valence-corrected chi connectivity index (χ3v) is 4.73. The van der Waals surface area contributed by atoms with Gasteiger partial charge in [-0.15, -0.1) is 0 Å². The van der Waals surface area contributed by atoms with Crippen molar-refractivity contribution in [1.82, 2.24) is 5.32 Å². The van der Waals surface area contributed by atoms with Crippen LogP contribution in [0.15, 0.2) is 29.2 Å². The fraction of sp³-hybridized carbons (Fsp3) is 0.571. The maximum absolute atomic E-state index is 11.6. The van der Waals surface area contributed by atoms with E-state index in [1.807, 2.05) is 12.1 Å². The Hall–Kier alpha value is -1.07. The average Bonchev–Trinajstić information content (AvgIpc) is 2.38. The molecular weight excluding hydrogens is 260 g/mol. The van der Waals surface area contributed by atoms with Crippen LogP contribution in [-0.2, 0) is 9.84 Å². The largest absolute Gasteiger partial charge is 0.369 e. The Bertz CT molecular complexity index is 540. The summed E-state index contributed by atoms with van der Waals surface area (Å²) in [4.78, 5) is 2.65. The molecule has 19 heavy (non-hydrogen) atoms. The number of piperazine rings is 1. The first-order chi connectivity index (χ1) is 8.88. The minimum atomic E-state index is -3.14. The van der Waals surface area contributed by atoms with Crippen molar-refractivity contribution in [3.8, 4) is 0 Å². The Morgan fingerprint density at radius 1 is 1.37 bits per heavy atom. The van der Waals surface area contributed by atoms with Crippen LogP contribution < -0.4 is 10.2 Å². The highest BCUT2D eigenvalue weighted by molar-refractivity contribution is 7.90. The lowest BCUT2D eigenvalue weighted by Gasteiger charge is -2.37. The van der Waals surface area contributed by atoms with Gasteiger partial charge in [0.1, 0.15) is 0 Å². The fourth-order valence-electron chi connectivity index (χ4n) is 2.37. The van der Waals surface area contributed by atoms with Crippen LogP contribution in [0.25, 0.3) is 0 Å². The van der Waals surface area contributed by atoms with Gasteiger partial charge in [0, 0.05) is 37.6 Å². The van der Waals surface area contributed by atoms with E-state index in [0.717, 1.165) is 25.3 Å². The number of sulfone groups is 1. The fourth-order valence-corrected chi connectivity index (χ4v) is 3.03. The van der Waals surface area contributed by atoms with Gasteiger partial charge < -0.3 is 10.2 Å². The maximum Gasteiger partial charge on any atom is 0.175 e. The smallest absolute Gasteiger partial charge is 0.175 e. The molecule has 1 N–H and O–H groups in total. The minimum absolute atomic E-state index is 0.393. The van der Waals surface area contributed by atoms with E-state index in [0.29, 0.717) is 16.9 Å². The summed E-state index contributed by atoms with van der Waals surface area (Å²) in [5, 5.41) is 3.50. The summed E-state index contributed by atoms with van der Waals surface area (Å²) >= 11 is 0. The molecule has 0 unspecified atom stereocenters. The van der Waals surface area contributed by atoms with E-state index in [-0.39, 0.29) is 0 Å². The first-order valence-corrected chi connectivity index (χ1v) is 8.55. The van der Waals surface area contributed by atoms with Crippen LogP contribution in [0, 0.1) is 5.92 Å². The highest BCUT2D eigenvalue weighted by Gasteiger charge is 2.22. The molecule has 1 aliphatic rings. The summed E-state index contributed by atoms with van der Waals surface area (Å²) in [6.07, 6.45) is 1.25. The monoisotopic (exact) mass is 282 g/mol. The number of nitrogens with zero attached hydrogens (tertiary/aromatic N) is 1. The van der Waals surface area contributed by atoms with E-state index in [1.54, 1.807) is 12.1 Å². The SMILES string of the molecule is CC(C)[C@H]1CN(c2cccc(S(C)(=O)=O)c2)CCN1. The van der Waals surface area contributed by atoms with Crippen LogP contribution in [0.3, 0.4) is 0 Å². The van der Waals surface area contributed by atoms with Crippen molar-refractivity contribution < 1.29 is 8.42 Å². The van der Waals surface area contributed by atoms with Crippen molar-refractivity contribution in [3.63, 3.8) is 0 Å². The first-order valence-electron chi connectivity index (χ1n) is 6.66. The Morgan fingerprint density at radius 3 is 2.74 bits per heavy atom. The standard InChI is InChI=1S/C14H22N2O2S/c1-11(2)14-10-16(8-7-15-14)12-5-4-6-13(9-12)19(3,17)18/h4-6,9,11,14-15H,7-8,10H2,1-3H3/t14-/m1/s1. The van der Waals surface area contributed by atoms with E-state index in [4.69, 9.17) is 0 Å². The zero-order chi connectivity index (χ0) is 14.0. The molecule has 0 spiro atoms. The molecule has 1 aromatic carbocycles. The van der Waals surface area contributed by atoms with E-state index in [9.17, 15) is 8.42 Å². The molecule has 1 aliphatic heterocycles. The molecule has 1 fully saturated rings. The molecule has 106 valence electrons. The van der Waals surface area contributed by atoms with E-state index < -0.39 is 9.84 Å². The number of rotatable bonds is 3. The summed E-state index contributed by atoms with van der Waals surface area (Å²) in [5.74, 6) is 0.570. The molecule has 0 aromatic heterocycles. The van der Waals surface area contributed by atoms with E-state index >= 15 is 0 Å². The molecule has 0 saturated carbocycles. The molecule has 0 bridgehead atoms. The third kappa shape index (κ3) is 3.48. The van der Waals surface area contributed by atoms with Gasteiger partial charge in [0.05, 0.1) is 4.90 Å². The first kappa shape index (κ1) is 14.3. The van der Waals surface area contributed by atoms with Crippen LogP contribution in [0.1, 0.15) is 13.8 Å². The molecule has 1 atom stereocenters. The zero-order valence-corrected chi connectivity index (χ0v) is 12.6. The quantitative estimate of drug-likeness (QED) is 0.913. The molecule has 0 amide bonds. The Labute approximate surface area is 115 Å². The van der Waals surface area contributed by atoms with Crippen LogP contribution in [-0.4, -0.2) is 40.3 Å². The molecule has 4 nitrogen and oxygen atoms in total. The number of benzene rings is 1. The predicted molar refractivity (Wildman–Crippen MR) is 78.4 cm³/mol. The summed E-state index contributed by atoms with van der Waals surface area (Å²) in [6, 6.07) is 7.68. The predicted octanol–water partition coefficient (Wildman–Crippen LogP) is 1.52. The summed E-state index contributed by atoms with van der Waals surface area (Å²) in [5.41, 5.74) is 0.995. The van der Waals surface area contributed by atoms with Crippen molar-refractivity contribution in [2.45, 2.75) is 24.8 Å². The van der Waals surface area contributed by atoms with Crippen molar-refractivity contribution in [2.24, 2.45) is 5.92 Å². The molecule has 1 aromatic rings. The Balaban J connectivity index is 2.22. The van der Waals surface area contributed by atoms with Crippen molar-refractivity contribution in [3.05, 3.63) is 24.3 Å². The molecular formula is C14H22N2O2S. The lowest BCUT2D eigenvalue weighted by atomic mass is 10.0. The maximum atomic E-state index is 11.6. The van der Waals surface area contributed by atoms with Gasteiger partial charge in [-0.3, -0.25) is 0 Å². The van der Waals surface area contributed by atoms with Crippen LogP contribution in [0.5, 0.6) is 0 Å². The lowest BCUT2D eigenvalue weighted by Crippen LogP contribution is -2.53. The summed E-state index contributed by atoms with van der Waals surface area (Å²) in [7, 11) is -3.14. The van der Waals surface area contributed by atoms with Crippen molar-refractivity contribution >= 4 is 15.5 Å². The number of nitrogens with one attached hydrogen (secondary N) is 1. The molecule has 1 heterocycles. The molecule has 0 radical (unpaired) electrons. The van der Waals surface area contributed by atoms with Gasteiger partial charge in [0.25, 0.3) is 0 Å². The van der Waals surface area contributed by atoms with Crippen LogP contribution in [0.4, 0.5) is 5.69 Å². The van der Waals surface area contributed by atoms with Gasteiger partial charge in [0.2, 0.25) is 0 Å². The Kier molecular flexibility index (Phi) is 4.16. The van der Waals surface area contributed by atoms with Crippen LogP contribution >= 0.6 is 0 Å². The van der Waals surface area contributed by atoms with Gasteiger partial charge in [0.15, 0.2) is 9.84 Å². The Morgan fingerprint density at radius 2 is 2.11 bits per heavy atom. The lowest BCUT2D eigenvalue weighted by molar-refractivity contribution is 0.368. The van der Waals surface area contributed by atoms with Crippen molar-refractivity contribution in [2.75, 3.05) is 30.8 Å². The van der Waals surface area contributed by atoms with E-state index in [2.05, 4.69) is 24.1 Å². The average molecular weight is 282 g/mol. The topological polar surface area (TPSA) is 49.4 Å². The highest BCUT2D eigenvalue weighted by atomic mass is 32.2. The normalized spacial score (nSPS) is 20.8. The van der Waals surface area contributed by atoms with Gasteiger partial charge in [-0.2, -0.15) is 0 Å². The second-order valence-electron chi connectivity index (χ2n) is 5.52. The highest BCUT2D eigenvalue weighted by Crippen LogP contribution is 2.21. The van der Waals surface area contributed by atoms with Gasteiger partial charge >= 0.3 is 0 Å². The molecule has 0 aliphatic carbocycles. The summed E-state index contributed by atoms with van der Waals surface area (Å²) < 4.78 is 23.2. The second kappa shape index (κ2) is 5.51. The number of anilines is 1. The minimum Gasteiger partial charge on any atom is -0.369 e. The number of hydrogen-bond acceptors (Lipinski definition) is 4. The second-order valence-corrected chi connectivity index (χ2v) is 7.54. The van der Waals surface area contributed by atoms with Crippen LogP contribution in [0.2, 0.25) is 0 Å². The third-order valence-electron chi connectivity index (χ3n) is 3.62. The van der Waals surface area contributed by atoms with Gasteiger partial charge in [-0.25, -0.2) is 8.42 Å². The zero-order valence-electron chi connectivity index (χ0n) is 11.8. The van der Waals surface area contributed by atoms with Gasteiger partial charge in [-0.05, 0) is 24.1 Å². The molecule has 2 rings (SSSR count). The van der Waals surface area contributed by atoms with Crippen molar-refractivity contribution in [1.29, 1.82) is 0 Å². The molecule has 5 heteroatoms. The van der Waals surface area contributed by atoms with Gasteiger partial charge in [-0.1, -0.05) is 19.9 Å². The number of hydrogen-bond donors (Lipinski definition) is 1. The molecule has 1 saturated heterocycles. The summed E-state index contributed by atoms with van der Waals surface area (Å²) in [6.45, 7) is 7.18. The van der Waals surface area contributed by atoms with E-state index in [1.165, 1.54) is 6.26 Å².